The molecule has 140 valence electrons. The van der Waals surface area contributed by atoms with Crippen LogP contribution in [0.4, 0.5) is 13.2 Å². The van der Waals surface area contributed by atoms with Gasteiger partial charge < -0.3 is 30.1 Å². The van der Waals surface area contributed by atoms with Crippen molar-refractivity contribution in [2.75, 3.05) is 13.7 Å². The quantitative estimate of drug-likeness (QED) is 0.593. The van der Waals surface area contributed by atoms with Crippen molar-refractivity contribution >= 4 is 5.91 Å². The first kappa shape index (κ1) is 19.4. The van der Waals surface area contributed by atoms with E-state index in [9.17, 15) is 33.3 Å². The fourth-order valence-corrected chi connectivity index (χ4v) is 2.59. The first-order valence-electron chi connectivity index (χ1n) is 7.33. The number of ether oxygens (including phenoxy) is 2. The summed E-state index contributed by atoms with van der Waals surface area (Å²) >= 11 is 0. The van der Waals surface area contributed by atoms with E-state index in [1.807, 2.05) is 0 Å². The Kier molecular flexibility index (Phi) is 5.88. The lowest BCUT2D eigenvalue weighted by Crippen LogP contribution is -2.62. The molecule has 0 saturated carbocycles. The maximum absolute atomic E-state index is 12.5. The molecular formula is C15H18F3NO6. The van der Waals surface area contributed by atoms with E-state index in [-0.39, 0.29) is 0 Å². The molecule has 2 rings (SSSR count). The number of benzene rings is 1. The van der Waals surface area contributed by atoms with E-state index < -0.39 is 49.1 Å². The van der Waals surface area contributed by atoms with Crippen LogP contribution < -0.4 is 10.1 Å². The average molecular weight is 365 g/mol. The number of aliphatic hydroxyl groups excluding tert-OH is 3. The molecule has 1 heterocycles. The topological polar surface area (TPSA) is 108 Å². The Balaban J connectivity index is 2.33. The van der Waals surface area contributed by atoms with Crippen LogP contribution in [0.1, 0.15) is 11.7 Å². The van der Waals surface area contributed by atoms with E-state index in [4.69, 9.17) is 9.47 Å². The first-order chi connectivity index (χ1) is 11.7. The highest BCUT2D eigenvalue weighted by atomic mass is 19.4. The third-order valence-electron chi connectivity index (χ3n) is 3.93. The summed E-state index contributed by atoms with van der Waals surface area (Å²) in [6.07, 6.45) is -11.0. The molecule has 4 N–H and O–H groups in total. The van der Waals surface area contributed by atoms with Crippen molar-refractivity contribution in [2.45, 2.75) is 36.6 Å². The lowest BCUT2D eigenvalue weighted by Gasteiger charge is -2.43. The Hall–Kier alpha value is -1.88. The Bertz CT molecular complexity index is 594. The van der Waals surface area contributed by atoms with Gasteiger partial charge in [0.1, 0.15) is 30.2 Å². The number of hydrogen-bond donors (Lipinski definition) is 4. The zero-order valence-electron chi connectivity index (χ0n) is 13.1. The molecule has 0 radical (unpaired) electrons. The van der Waals surface area contributed by atoms with Crippen LogP contribution >= 0.6 is 0 Å². The number of amides is 1. The minimum atomic E-state index is -5.16. The molecule has 0 aromatic heterocycles. The van der Waals surface area contributed by atoms with E-state index in [1.165, 1.54) is 31.4 Å². The van der Waals surface area contributed by atoms with Gasteiger partial charge in [0.05, 0.1) is 19.8 Å². The lowest BCUT2D eigenvalue weighted by molar-refractivity contribution is -0.205. The maximum Gasteiger partial charge on any atom is 0.471 e. The van der Waals surface area contributed by atoms with Gasteiger partial charge >= 0.3 is 12.1 Å². The van der Waals surface area contributed by atoms with Gasteiger partial charge in [-0.3, -0.25) is 4.79 Å². The summed E-state index contributed by atoms with van der Waals surface area (Å²) in [5.74, 6) is -1.79. The number of nitrogens with one attached hydrogen (secondary N) is 1. The monoisotopic (exact) mass is 365 g/mol. The number of carbonyl (C=O) groups excluding carboxylic acids is 1. The van der Waals surface area contributed by atoms with E-state index >= 15 is 0 Å². The van der Waals surface area contributed by atoms with Crippen molar-refractivity contribution < 1.29 is 42.8 Å². The largest absolute Gasteiger partial charge is 0.497 e. The molecule has 1 amide bonds. The molecule has 10 heteroatoms. The highest BCUT2D eigenvalue weighted by Gasteiger charge is 2.48. The van der Waals surface area contributed by atoms with Gasteiger partial charge in [-0.25, -0.2) is 0 Å². The summed E-state index contributed by atoms with van der Waals surface area (Å²) in [6, 6.07) is 4.43. The molecule has 1 aromatic carbocycles. The smallest absolute Gasteiger partial charge is 0.471 e. The summed E-state index contributed by atoms with van der Waals surface area (Å²) in [6.45, 7) is -0.662. The van der Waals surface area contributed by atoms with Gasteiger partial charge in [0, 0.05) is 0 Å². The Morgan fingerprint density at radius 3 is 2.32 bits per heavy atom. The van der Waals surface area contributed by atoms with Crippen LogP contribution in [0.2, 0.25) is 0 Å². The van der Waals surface area contributed by atoms with Gasteiger partial charge in [-0.05, 0) is 17.7 Å². The van der Waals surface area contributed by atoms with E-state index in [2.05, 4.69) is 0 Å². The van der Waals surface area contributed by atoms with Crippen LogP contribution in [0.3, 0.4) is 0 Å². The molecule has 1 aliphatic rings. The number of halogens is 3. The third-order valence-corrected chi connectivity index (χ3v) is 3.93. The lowest BCUT2D eigenvalue weighted by atomic mass is 9.89. The molecule has 7 nitrogen and oxygen atoms in total. The van der Waals surface area contributed by atoms with Crippen LogP contribution in [0, 0.1) is 0 Å². The molecule has 0 unspecified atom stereocenters. The molecule has 1 aliphatic heterocycles. The zero-order chi connectivity index (χ0) is 18.8. The average Bonchev–Trinajstić information content (AvgIpc) is 2.58. The Labute approximate surface area is 141 Å². The van der Waals surface area contributed by atoms with Gasteiger partial charge in [-0.2, -0.15) is 13.2 Å². The second-order valence-electron chi connectivity index (χ2n) is 5.53. The number of aliphatic hydroxyl groups is 3. The fraction of sp³-hybridized carbons (Fsp3) is 0.533. The second-order valence-corrected chi connectivity index (χ2v) is 5.53. The van der Waals surface area contributed by atoms with Crippen LogP contribution in [0.5, 0.6) is 5.75 Å². The number of alkyl halides is 3. The van der Waals surface area contributed by atoms with E-state index in [1.54, 1.807) is 5.32 Å². The SMILES string of the molecule is COc1ccc([C@@H]2O[C@H](CO)[C@H](O)[C@H](O)[C@H]2NC(=O)C(F)(F)F)cc1. The summed E-state index contributed by atoms with van der Waals surface area (Å²) in [7, 11) is 1.43. The molecule has 1 fully saturated rings. The first-order valence-corrected chi connectivity index (χ1v) is 7.33. The van der Waals surface area contributed by atoms with Gasteiger partial charge in [0.25, 0.3) is 0 Å². The van der Waals surface area contributed by atoms with Gasteiger partial charge in [-0.15, -0.1) is 0 Å². The van der Waals surface area contributed by atoms with Crippen molar-refractivity contribution in [3.8, 4) is 5.75 Å². The Morgan fingerprint density at radius 1 is 1.24 bits per heavy atom. The molecule has 0 bridgehead atoms. The Morgan fingerprint density at radius 2 is 1.84 bits per heavy atom. The molecule has 1 aromatic rings. The molecule has 0 aliphatic carbocycles. The highest BCUT2D eigenvalue weighted by Crippen LogP contribution is 2.33. The van der Waals surface area contributed by atoms with Crippen LogP contribution in [-0.4, -0.2) is 65.5 Å². The third kappa shape index (κ3) is 4.21. The van der Waals surface area contributed by atoms with Crippen LogP contribution in [-0.2, 0) is 9.53 Å². The summed E-state index contributed by atoms with van der Waals surface area (Å²) in [4.78, 5) is 11.3. The zero-order valence-corrected chi connectivity index (χ0v) is 13.1. The molecule has 25 heavy (non-hydrogen) atoms. The highest BCUT2D eigenvalue weighted by molar-refractivity contribution is 5.82. The number of carbonyl (C=O) groups is 1. The minimum absolute atomic E-state index is 0.331. The van der Waals surface area contributed by atoms with Crippen molar-refractivity contribution in [1.82, 2.24) is 5.32 Å². The van der Waals surface area contributed by atoms with Crippen molar-refractivity contribution in [3.05, 3.63) is 29.8 Å². The number of rotatable bonds is 4. The predicted octanol–water partition coefficient (Wildman–Crippen LogP) is -0.104. The summed E-state index contributed by atoms with van der Waals surface area (Å²) < 4.78 is 48.0. The molecular weight excluding hydrogens is 347 g/mol. The second kappa shape index (κ2) is 7.56. The molecule has 5 atom stereocenters. The van der Waals surface area contributed by atoms with Gasteiger partial charge in [0.2, 0.25) is 0 Å². The number of hydrogen-bond acceptors (Lipinski definition) is 6. The van der Waals surface area contributed by atoms with Crippen molar-refractivity contribution in [2.24, 2.45) is 0 Å². The van der Waals surface area contributed by atoms with Crippen molar-refractivity contribution in [3.63, 3.8) is 0 Å². The molecule has 1 saturated heterocycles. The summed E-state index contributed by atoms with van der Waals surface area (Å²) in [5.41, 5.74) is 0.331. The van der Waals surface area contributed by atoms with Gasteiger partial charge in [0.15, 0.2) is 0 Å². The molecule has 0 spiro atoms. The van der Waals surface area contributed by atoms with Crippen LogP contribution in [0.25, 0.3) is 0 Å². The maximum atomic E-state index is 12.5. The van der Waals surface area contributed by atoms with Gasteiger partial charge in [-0.1, -0.05) is 12.1 Å². The minimum Gasteiger partial charge on any atom is -0.497 e. The fourth-order valence-electron chi connectivity index (χ4n) is 2.59. The van der Waals surface area contributed by atoms with E-state index in [0.717, 1.165) is 0 Å². The standard InChI is InChI=1S/C15H18F3NO6/c1-24-8-4-2-7(3-5-8)13-10(19-14(23)15(16,17)18)12(22)11(21)9(6-20)25-13/h2-5,9-13,20-22H,6H2,1H3,(H,19,23)/t9-,10-,11+,12-,13+/m1/s1. The normalized spacial score (nSPS) is 30.0. The van der Waals surface area contributed by atoms with E-state index in [0.29, 0.717) is 11.3 Å². The van der Waals surface area contributed by atoms with Crippen LogP contribution in [0.15, 0.2) is 24.3 Å². The summed E-state index contributed by atoms with van der Waals surface area (Å²) in [5, 5.41) is 30.9. The number of methoxy groups -OCH3 is 1. The predicted molar refractivity (Wildman–Crippen MR) is 77.7 cm³/mol. The van der Waals surface area contributed by atoms with Crippen molar-refractivity contribution in [1.29, 1.82) is 0 Å².